The highest BCUT2D eigenvalue weighted by Gasteiger charge is 2.33. The predicted octanol–water partition coefficient (Wildman–Crippen LogP) is 3.66. The summed E-state index contributed by atoms with van der Waals surface area (Å²) in [4.78, 5) is 30.4. The van der Waals surface area contributed by atoms with Crippen LogP contribution in [0.4, 0.5) is 4.39 Å². The van der Waals surface area contributed by atoms with Crippen molar-refractivity contribution < 1.29 is 27.9 Å². The van der Waals surface area contributed by atoms with E-state index in [1.807, 2.05) is 11.4 Å². The molecular weight excluding hydrogens is 447 g/mol. The molecule has 1 atom stereocenters. The van der Waals surface area contributed by atoms with E-state index in [9.17, 15) is 14.0 Å². The molecule has 9 heteroatoms. The molecule has 3 heterocycles. The molecule has 0 fully saturated rings. The van der Waals surface area contributed by atoms with Crippen LogP contribution in [0.5, 0.6) is 5.75 Å². The van der Waals surface area contributed by atoms with Gasteiger partial charge in [-0.3, -0.25) is 9.59 Å². The van der Waals surface area contributed by atoms with Gasteiger partial charge in [0.1, 0.15) is 37.1 Å². The molecule has 4 rings (SSSR count). The number of benzene rings is 1. The van der Waals surface area contributed by atoms with Crippen LogP contribution in [-0.2, 0) is 27.3 Å². The van der Waals surface area contributed by atoms with E-state index in [1.54, 1.807) is 40.5 Å². The maximum atomic E-state index is 13.6. The Morgan fingerprint density at radius 1 is 1.27 bits per heavy atom. The number of nitrogens with zero attached hydrogens (tertiary/aromatic N) is 2. The first kappa shape index (κ1) is 23.0. The number of fused-ring (bicyclic) bond motifs is 1. The van der Waals surface area contributed by atoms with Crippen LogP contribution in [0.1, 0.15) is 22.2 Å². The lowest BCUT2D eigenvalue weighted by Crippen LogP contribution is -2.48. The van der Waals surface area contributed by atoms with E-state index in [0.29, 0.717) is 18.1 Å². The largest absolute Gasteiger partial charge is 0.491 e. The fourth-order valence-electron chi connectivity index (χ4n) is 3.90. The monoisotopic (exact) mass is 472 g/mol. The first-order chi connectivity index (χ1) is 16.0. The molecule has 0 saturated carbocycles. The molecule has 0 aliphatic carbocycles. The molecule has 0 radical (unpaired) electrons. The summed E-state index contributed by atoms with van der Waals surface area (Å²) < 4.78 is 29.8. The number of hydrogen-bond acceptors (Lipinski definition) is 6. The predicted molar refractivity (Wildman–Crippen MR) is 120 cm³/mol. The second kappa shape index (κ2) is 10.6. The van der Waals surface area contributed by atoms with Gasteiger partial charge in [0.25, 0.3) is 0 Å². The normalized spacial score (nSPS) is 15.2. The number of carbonyl (C=O) groups excluding carboxylic acids is 2. The van der Waals surface area contributed by atoms with Crippen molar-refractivity contribution in [3.63, 3.8) is 0 Å². The van der Waals surface area contributed by atoms with Crippen LogP contribution in [0.2, 0.25) is 0 Å². The average Bonchev–Trinajstić information content (AvgIpc) is 3.49. The van der Waals surface area contributed by atoms with Crippen molar-refractivity contribution in [2.75, 3.05) is 33.4 Å². The summed E-state index contributed by atoms with van der Waals surface area (Å²) in [5, 5.41) is 2.00. The Morgan fingerprint density at radius 3 is 2.91 bits per heavy atom. The number of halogens is 1. The lowest BCUT2D eigenvalue weighted by atomic mass is 10.0. The molecule has 1 unspecified atom stereocenters. The maximum Gasteiger partial charge on any atom is 0.249 e. The topological polar surface area (TPSA) is 72.2 Å². The molecule has 7 nitrogen and oxygen atoms in total. The minimum absolute atomic E-state index is 0.112. The number of methoxy groups -OCH3 is 1. The van der Waals surface area contributed by atoms with Crippen molar-refractivity contribution >= 4 is 23.2 Å². The lowest BCUT2D eigenvalue weighted by molar-refractivity contribution is -0.145. The Balaban J connectivity index is 1.51. The van der Waals surface area contributed by atoms with Gasteiger partial charge in [-0.25, -0.2) is 4.39 Å². The number of carbonyl (C=O) groups is 2. The fraction of sp³-hybridized carbons (Fsp3) is 0.333. The molecule has 1 aromatic carbocycles. The summed E-state index contributed by atoms with van der Waals surface area (Å²) in [5.74, 6) is 0.0979. The highest BCUT2D eigenvalue weighted by molar-refractivity contribution is 7.10. The van der Waals surface area contributed by atoms with Gasteiger partial charge >= 0.3 is 0 Å². The molecule has 0 bridgehead atoms. The molecule has 33 heavy (non-hydrogen) atoms. The van der Waals surface area contributed by atoms with Crippen LogP contribution in [-0.4, -0.2) is 55.0 Å². The van der Waals surface area contributed by atoms with Gasteiger partial charge in [0.2, 0.25) is 11.8 Å². The van der Waals surface area contributed by atoms with Crippen LogP contribution in [0.15, 0.2) is 58.5 Å². The lowest BCUT2D eigenvalue weighted by Gasteiger charge is -2.37. The second-order valence-electron chi connectivity index (χ2n) is 7.68. The van der Waals surface area contributed by atoms with Gasteiger partial charge in [-0.15, -0.1) is 11.3 Å². The Labute approximate surface area is 195 Å². The highest BCUT2D eigenvalue weighted by Crippen LogP contribution is 2.34. The summed E-state index contributed by atoms with van der Waals surface area (Å²) in [5.41, 5.74) is 1.02. The fourth-order valence-corrected chi connectivity index (χ4v) is 4.83. The van der Waals surface area contributed by atoms with Gasteiger partial charge in [0.05, 0.1) is 18.8 Å². The summed E-state index contributed by atoms with van der Waals surface area (Å²) in [7, 11) is 1.44. The third-order valence-corrected chi connectivity index (χ3v) is 6.49. The summed E-state index contributed by atoms with van der Waals surface area (Å²) in [6, 6.07) is 11.1. The molecule has 1 aliphatic heterocycles. The Bertz CT molecular complexity index is 1080. The van der Waals surface area contributed by atoms with Gasteiger partial charge in [-0.05, 0) is 47.7 Å². The molecular formula is C24H25FN2O5S. The van der Waals surface area contributed by atoms with Crippen LogP contribution in [0, 0.1) is 5.82 Å². The van der Waals surface area contributed by atoms with Crippen molar-refractivity contribution in [2.24, 2.45) is 0 Å². The number of hydrogen-bond donors (Lipinski definition) is 0. The number of rotatable bonds is 9. The van der Waals surface area contributed by atoms with E-state index >= 15 is 0 Å². The van der Waals surface area contributed by atoms with E-state index in [2.05, 4.69) is 0 Å². The van der Waals surface area contributed by atoms with Crippen molar-refractivity contribution in [3.05, 3.63) is 76.1 Å². The smallest absolute Gasteiger partial charge is 0.249 e. The summed E-state index contributed by atoms with van der Waals surface area (Å²) in [6.07, 6.45) is 2.26. The van der Waals surface area contributed by atoms with Crippen LogP contribution in [0.3, 0.4) is 0 Å². The zero-order chi connectivity index (χ0) is 23.2. The molecule has 2 amide bonds. The molecule has 0 N–H and O–H groups in total. The van der Waals surface area contributed by atoms with E-state index < -0.39 is 0 Å². The molecule has 2 aromatic heterocycles. The quantitative estimate of drug-likeness (QED) is 0.475. The minimum Gasteiger partial charge on any atom is -0.491 e. The van der Waals surface area contributed by atoms with Gasteiger partial charge in [0.15, 0.2) is 0 Å². The summed E-state index contributed by atoms with van der Waals surface area (Å²) >= 11 is 1.65. The van der Waals surface area contributed by atoms with Crippen LogP contribution < -0.4 is 4.74 Å². The Morgan fingerprint density at radius 2 is 2.15 bits per heavy atom. The van der Waals surface area contributed by atoms with Crippen molar-refractivity contribution in [1.82, 2.24) is 9.80 Å². The van der Waals surface area contributed by atoms with E-state index in [4.69, 9.17) is 13.9 Å². The Hall–Kier alpha value is -3.17. The van der Waals surface area contributed by atoms with Gasteiger partial charge in [-0.1, -0.05) is 6.07 Å². The van der Waals surface area contributed by atoms with Crippen LogP contribution >= 0.6 is 11.3 Å². The second-order valence-corrected chi connectivity index (χ2v) is 8.68. The zero-order valence-corrected chi connectivity index (χ0v) is 19.1. The SMILES string of the molecule is COCC(=O)N(CC(=O)N1CCc2sccc2C1COc1cccc(F)c1)Cc1ccco1. The maximum absolute atomic E-state index is 13.6. The van der Waals surface area contributed by atoms with E-state index in [-0.39, 0.29) is 50.0 Å². The van der Waals surface area contributed by atoms with Crippen molar-refractivity contribution in [2.45, 2.75) is 19.0 Å². The van der Waals surface area contributed by atoms with Gasteiger partial charge in [-0.2, -0.15) is 0 Å². The van der Waals surface area contributed by atoms with Crippen LogP contribution in [0.25, 0.3) is 0 Å². The van der Waals surface area contributed by atoms with E-state index in [1.165, 1.54) is 35.3 Å². The molecule has 0 saturated heterocycles. The average molecular weight is 473 g/mol. The van der Waals surface area contributed by atoms with Gasteiger partial charge in [0, 0.05) is 24.6 Å². The van der Waals surface area contributed by atoms with Gasteiger partial charge < -0.3 is 23.7 Å². The Kier molecular flexibility index (Phi) is 7.41. The third-order valence-electron chi connectivity index (χ3n) is 5.49. The standard InChI is InChI=1S/C24H25FN2O5S/c1-30-16-24(29)26(13-19-6-3-10-31-19)14-23(28)27-9-7-22-20(8-11-33-22)21(27)15-32-18-5-2-4-17(25)12-18/h2-6,8,10-12,21H,7,9,13-16H2,1H3. The first-order valence-electron chi connectivity index (χ1n) is 10.6. The van der Waals surface area contributed by atoms with E-state index in [0.717, 1.165) is 12.0 Å². The minimum atomic E-state index is -0.384. The molecule has 0 spiro atoms. The number of ether oxygens (including phenoxy) is 2. The molecule has 1 aliphatic rings. The zero-order valence-electron chi connectivity index (χ0n) is 18.2. The highest BCUT2D eigenvalue weighted by atomic mass is 32.1. The van der Waals surface area contributed by atoms with Crippen molar-refractivity contribution in [1.29, 1.82) is 0 Å². The number of thiophene rings is 1. The number of furan rings is 1. The third kappa shape index (κ3) is 5.61. The van der Waals surface area contributed by atoms with Crippen molar-refractivity contribution in [3.8, 4) is 5.75 Å². The molecule has 174 valence electrons. The number of amides is 2. The molecule has 3 aromatic rings. The first-order valence-corrected chi connectivity index (χ1v) is 11.5. The summed E-state index contributed by atoms with van der Waals surface area (Å²) in [6.45, 7) is 0.621.